The molecule has 6 fully saturated rings. The maximum Gasteiger partial charge on any atom is 1.00 e. The smallest absolute Gasteiger partial charge is 0.735 e. The number of aliphatic hydroxyl groups is 10. The van der Waals surface area contributed by atoms with Gasteiger partial charge >= 0.3 is 266 Å². The van der Waals surface area contributed by atoms with E-state index in [1.165, 1.54) is 4.72 Å². The first-order chi connectivity index (χ1) is 45.9. The van der Waals surface area contributed by atoms with Gasteiger partial charge < -0.3 is 171 Å². The number of hydrogen-bond acceptors (Lipinski definition) is 50. The first kappa shape index (κ1) is 121. The molecule has 6 aliphatic rings. The summed E-state index contributed by atoms with van der Waals surface area (Å²) >= 11 is 0. The van der Waals surface area contributed by atoms with E-state index in [1.807, 2.05) is 0 Å². The van der Waals surface area contributed by atoms with Crippen LogP contribution < -0.4 is 301 Å². The number of hydrogen-bond donors (Lipinski definition) is 14. The molecule has 0 aromatic carbocycles. The fourth-order valence-corrected chi connectivity index (χ4v) is 13.2. The van der Waals surface area contributed by atoms with Crippen LogP contribution in [0.25, 0.3) is 0 Å². The van der Waals surface area contributed by atoms with Crippen molar-refractivity contribution in [2.45, 2.75) is 203 Å². The second kappa shape index (κ2) is 52.0. The molecule has 6 rings (SSSR count). The van der Waals surface area contributed by atoms with E-state index in [4.69, 9.17) is 62.6 Å². The molecule has 53 nitrogen and oxygen atoms in total. The third-order valence-corrected chi connectivity index (χ3v) is 17.9. The van der Waals surface area contributed by atoms with Crippen molar-refractivity contribution in [1.82, 2.24) is 14.2 Å². The van der Waals surface area contributed by atoms with Gasteiger partial charge in [-0.05, 0) is 25.8 Å². The number of nitrogens with one attached hydrogen (secondary N) is 3. The first-order valence-electron chi connectivity index (χ1n) is 27.9. The van der Waals surface area contributed by atoms with Gasteiger partial charge in [0.05, 0.1) is 37.7 Å². The Morgan fingerprint density at radius 2 is 0.596 bits per heavy atom. The second-order valence-electron chi connectivity index (χ2n) is 21.9. The number of carboxylic acid groups (broad SMARTS) is 3. The molecule has 6 heterocycles. The zero-order chi connectivity index (χ0) is 75.4. The van der Waals surface area contributed by atoms with E-state index in [-0.39, 0.29) is 286 Å². The first-order valence-corrected chi connectivity index (χ1v) is 36.1. The maximum atomic E-state index is 12.8. The van der Waals surface area contributed by atoms with Crippen molar-refractivity contribution < 1.29 is 494 Å². The maximum absolute atomic E-state index is 12.8. The van der Waals surface area contributed by atoms with E-state index < -0.39 is 284 Å². The minimum atomic E-state index is -6.15. The number of nitrogens with two attached hydrogens (primary N) is 1. The predicted molar refractivity (Wildman–Crippen MR) is 277 cm³/mol. The molecule has 0 bridgehead atoms. The fraction of sp³-hybridized carbons (Fsp3) is 0.927. The Hall–Kier alpha value is 5.71. The molecular weight excluding hydrogens is 1730 g/mol. The van der Waals surface area contributed by atoms with Gasteiger partial charge in [0.1, 0.15) is 146 Å². The third kappa shape index (κ3) is 36.3. The van der Waals surface area contributed by atoms with Crippen molar-refractivity contribution in [3.8, 4) is 0 Å². The summed E-state index contributed by atoms with van der Waals surface area (Å²) in [6.45, 7) is -5.36. The standard InChI is InChI=1S/C41H70N4O49S6.9Na/c42-4-2-1-3-5-80-36-12(43-95(62,63)64)15(46)25(9(84-36)6-81-98(71,72)73)88-40-23(54)20(51)28(31(93-40)34(58)59)91-38-14(45-97(68,69)70)17(48)27(11(86-38)8-83-100(77,78)79)89-41-24(55)21(52)29(32(94-41)35(60)61)90-37-13(44-96(65,66)67)16(47)26(10(85-37)7-82-99(74,75)76)87-39-22(53)18(49)19(50)30(92-39)33(56)57;;;;;;;;;/h9-32,36-41,43-55H,1-8,42H2,(H,56,57)(H,58,59)(H,60,61)(H,62,63,64)(H,65,66,67)(H,68,69,70)(H,71,72,73)(H,74,75,76)(H,77,78,79);;;;;;;;;/q;9*+1/p-9/t9-,10-,11-,12-,13-,14-,15-,16-,17-,18+,19+,20-,21-,22-,23-,24-,25-,26-,27-,28+,29+,30+,31+,32-,36+,37-,38-,39-,40-,41-;;;;;;;;;/m1........./s1. The van der Waals surface area contributed by atoms with Crippen molar-refractivity contribution >= 4 is 80.0 Å². The summed E-state index contributed by atoms with van der Waals surface area (Å²) in [5.41, 5.74) is 5.44. The van der Waals surface area contributed by atoms with E-state index in [1.54, 1.807) is 0 Å². The number of carboxylic acids is 3. The predicted octanol–water partition coefficient (Wildman–Crippen LogP) is -48.0. The van der Waals surface area contributed by atoms with Crippen molar-refractivity contribution in [1.29, 1.82) is 0 Å². The Morgan fingerprint density at radius 3 is 0.872 bits per heavy atom. The molecule has 109 heavy (non-hydrogen) atoms. The number of aliphatic hydroxyl groups excluding tert-OH is 10. The Balaban J connectivity index is -0.00000612. The van der Waals surface area contributed by atoms with Crippen LogP contribution in [0.15, 0.2) is 0 Å². The molecule has 68 heteroatoms. The minimum absolute atomic E-state index is 0. The molecule has 30 atom stereocenters. The summed E-state index contributed by atoms with van der Waals surface area (Å²) in [6.07, 6.45) is -74.2. The van der Waals surface area contributed by atoms with Gasteiger partial charge in [0.15, 0.2) is 68.7 Å². The van der Waals surface area contributed by atoms with Crippen LogP contribution in [0.1, 0.15) is 19.3 Å². The Labute approximate surface area is 817 Å². The van der Waals surface area contributed by atoms with Crippen LogP contribution >= 0.6 is 0 Å². The normalized spacial score (nSPS) is 37.2. The van der Waals surface area contributed by atoms with Crippen molar-refractivity contribution in [3.63, 3.8) is 0 Å². The number of aliphatic carboxylic acids is 3. The molecule has 0 spiro atoms. The molecule has 0 aromatic rings. The number of ether oxygens (including phenoxy) is 12. The minimum Gasteiger partial charge on any atom is -0.735 e. The van der Waals surface area contributed by atoms with E-state index in [0.29, 0.717) is 12.8 Å². The molecule has 584 valence electrons. The zero-order valence-corrected chi connectivity index (χ0v) is 81.3. The summed E-state index contributed by atoms with van der Waals surface area (Å²) in [6, 6.07) is -8.15. The van der Waals surface area contributed by atoms with Crippen LogP contribution in [0.3, 0.4) is 0 Å². The zero-order valence-electron chi connectivity index (χ0n) is 58.4. The third-order valence-electron chi connectivity index (χ3n) is 14.9. The second-order valence-corrected chi connectivity index (χ2v) is 28.5. The van der Waals surface area contributed by atoms with E-state index >= 15 is 0 Å². The Bertz CT molecular complexity index is 3510. The molecule has 6 saturated heterocycles. The number of carbonyl (C=O) groups is 3. The molecule has 0 aromatic heterocycles. The Kier molecular flexibility index (Phi) is 57.7. The van der Waals surface area contributed by atoms with Crippen LogP contribution in [0.2, 0.25) is 0 Å². The van der Waals surface area contributed by atoms with E-state index in [0.717, 1.165) is 9.44 Å². The van der Waals surface area contributed by atoms with Crippen LogP contribution in [0.5, 0.6) is 0 Å². The summed E-state index contributed by atoms with van der Waals surface area (Å²) in [7, 11) is -35.5. The van der Waals surface area contributed by atoms with Gasteiger partial charge in [-0.1, -0.05) is 0 Å². The molecule has 6 aliphatic heterocycles. The number of unbranched alkanes of at least 4 members (excludes halogenated alkanes) is 2. The van der Waals surface area contributed by atoms with Gasteiger partial charge in [0, 0.05) is 6.61 Å². The summed E-state index contributed by atoms with van der Waals surface area (Å²) in [4.78, 5) is 37.3. The summed E-state index contributed by atoms with van der Waals surface area (Å²) in [5.74, 6) is -7.57. The van der Waals surface area contributed by atoms with Gasteiger partial charge in [-0.15, -0.1) is 0 Å². The molecule has 0 saturated carbocycles. The van der Waals surface area contributed by atoms with Crippen molar-refractivity contribution in [2.24, 2.45) is 5.73 Å². The SMILES string of the molecule is NCCCCCO[C@H]1O[C@H](COS(=O)(=O)[O-])[C@@H](O[C@@H]2O[C@H](C(=O)[O-])[C@@H](O[C@H]3O[C@H](COS(=O)(=O)[O-])[C@@H](O[C@@H]4O[C@@H](C(=O)[O-])[C@@H](O[C@H]5O[C@H](COS(=O)(=O)[O-])[C@@H](O[C@@H]6O[C@H](C(=O)[O-])[C@@H](O)[C@H](O)[C@H]6O)[C@H](O)[C@H]5NS(=O)(=O)[O-])[C@H](O)[C@H]4O)[C@H](O)[C@H]3NS(=O)(=O)[O-])[C@H](O)[C@H]2O)[C@H](O)[C@H]1NS(=O)(=O)[O-].[Na+].[Na+].[Na+].[Na+].[Na+].[Na+].[Na+].[Na+].[Na+]. The van der Waals surface area contributed by atoms with E-state index in [9.17, 15) is 159 Å². The molecule has 0 unspecified atom stereocenters. The molecular formula is C41H61N4Na9O49S6. The van der Waals surface area contributed by atoms with Gasteiger partial charge in [0.2, 0.25) is 31.2 Å². The topological polar surface area (TPSA) is 866 Å². The van der Waals surface area contributed by atoms with Crippen molar-refractivity contribution in [3.05, 3.63) is 0 Å². The van der Waals surface area contributed by atoms with Crippen LogP contribution in [-0.4, -0.2) is 364 Å². The van der Waals surface area contributed by atoms with Gasteiger partial charge in [0.25, 0.3) is 0 Å². The summed E-state index contributed by atoms with van der Waals surface area (Å²) in [5, 5.41) is 149. The van der Waals surface area contributed by atoms with Gasteiger partial charge in [-0.3, -0.25) is 12.5 Å². The van der Waals surface area contributed by atoms with E-state index in [2.05, 4.69) is 12.5 Å². The number of rotatable bonds is 34. The summed E-state index contributed by atoms with van der Waals surface area (Å²) < 4.78 is 294. The average Bonchev–Trinajstić information content (AvgIpc) is 0.781. The molecule has 0 amide bonds. The van der Waals surface area contributed by atoms with Gasteiger partial charge in [-0.2, -0.15) is 0 Å². The van der Waals surface area contributed by atoms with Crippen LogP contribution in [0, 0.1) is 0 Å². The molecule has 0 radical (unpaired) electrons. The average molecular weight is 1790 g/mol. The monoisotopic (exact) mass is 1790 g/mol. The van der Waals surface area contributed by atoms with Crippen LogP contribution in [-0.2, 0) is 146 Å². The van der Waals surface area contributed by atoms with Crippen LogP contribution in [0.4, 0.5) is 0 Å². The quantitative estimate of drug-likeness (QED) is 0.0123. The molecule has 15 N–H and O–H groups in total. The van der Waals surface area contributed by atoms with Gasteiger partial charge in [-0.25, -0.2) is 64.7 Å². The fourth-order valence-electron chi connectivity index (χ4n) is 10.5. The number of carbonyl (C=O) groups excluding carboxylic acids is 3. The Morgan fingerprint density at radius 1 is 0.330 bits per heavy atom. The van der Waals surface area contributed by atoms with Crippen molar-refractivity contribution in [2.75, 3.05) is 33.0 Å². The largest absolute Gasteiger partial charge is 1.00 e. The molecule has 0 aliphatic carbocycles.